The van der Waals surface area contributed by atoms with Gasteiger partial charge in [0.25, 0.3) is 15.9 Å². The van der Waals surface area contributed by atoms with Crippen LogP contribution in [0.2, 0.25) is 0 Å². The predicted octanol–water partition coefficient (Wildman–Crippen LogP) is 4.52. The fourth-order valence-corrected chi connectivity index (χ4v) is 5.19. The van der Waals surface area contributed by atoms with Gasteiger partial charge < -0.3 is 26.0 Å². The minimum absolute atomic E-state index is 0.214. The summed E-state index contributed by atoms with van der Waals surface area (Å²) < 4.78 is 41.9. The van der Waals surface area contributed by atoms with Crippen LogP contribution < -0.4 is 15.4 Å². The summed E-state index contributed by atoms with van der Waals surface area (Å²) in [6.07, 6.45) is 0. The maximum atomic E-state index is 13.3. The number of aromatic hydroxyl groups is 1. The standard InChI is InChI=1S/C28H22FN3O8S/c29-18-10-12-19(13-11-18)30-26(34)25(16-5-2-1-3-6-16)31-21-7-4-8-23(24(21)28(37)38)41(39,40)32-20-14-9-17(27(35)36)15-22(20)33/h1-15,25,31-33H,(H,30,34)(H,35,36)(H,37,38). The molecular formula is C28H22FN3O8S. The third-order valence-electron chi connectivity index (χ3n) is 5.83. The van der Waals surface area contributed by atoms with Crippen LogP contribution >= 0.6 is 0 Å². The Kier molecular flexibility index (Phi) is 8.19. The minimum atomic E-state index is -4.65. The molecule has 6 N–H and O–H groups in total. The van der Waals surface area contributed by atoms with Crippen LogP contribution in [0, 0.1) is 5.82 Å². The van der Waals surface area contributed by atoms with Crippen LogP contribution in [-0.2, 0) is 14.8 Å². The van der Waals surface area contributed by atoms with E-state index in [1.807, 2.05) is 0 Å². The molecule has 0 aromatic heterocycles. The van der Waals surface area contributed by atoms with Crippen LogP contribution in [0.5, 0.6) is 5.75 Å². The van der Waals surface area contributed by atoms with E-state index in [1.165, 1.54) is 24.3 Å². The van der Waals surface area contributed by atoms with Crippen LogP contribution in [0.25, 0.3) is 0 Å². The lowest BCUT2D eigenvalue weighted by molar-refractivity contribution is -0.117. The van der Waals surface area contributed by atoms with Gasteiger partial charge in [-0.3, -0.25) is 9.52 Å². The molecule has 1 amide bonds. The molecule has 4 aromatic carbocycles. The molecule has 0 saturated carbocycles. The third kappa shape index (κ3) is 6.59. The van der Waals surface area contributed by atoms with Crippen molar-refractivity contribution in [3.8, 4) is 5.75 Å². The summed E-state index contributed by atoms with van der Waals surface area (Å²) in [6, 6.07) is 18.5. The van der Waals surface area contributed by atoms with E-state index >= 15 is 0 Å². The molecule has 41 heavy (non-hydrogen) atoms. The number of halogens is 1. The van der Waals surface area contributed by atoms with Gasteiger partial charge in [0.15, 0.2) is 0 Å². The summed E-state index contributed by atoms with van der Waals surface area (Å²) in [4.78, 5) is 36.1. The molecule has 1 unspecified atom stereocenters. The predicted molar refractivity (Wildman–Crippen MR) is 147 cm³/mol. The lowest BCUT2D eigenvalue weighted by Gasteiger charge is -2.22. The summed E-state index contributed by atoms with van der Waals surface area (Å²) >= 11 is 0. The molecule has 1 atom stereocenters. The number of aromatic carboxylic acids is 2. The number of nitrogens with one attached hydrogen (secondary N) is 3. The number of amides is 1. The number of benzene rings is 4. The molecule has 0 heterocycles. The molecule has 0 bridgehead atoms. The number of carboxylic acids is 2. The molecule has 11 nitrogen and oxygen atoms in total. The zero-order valence-corrected chi connectivity index (χ0v) is 21.7. The second kappa shape index (κ2) is 11.8. The normalized spacial score (nSPS) is 11.7. The first kappa shape index (κ1) is 28.6. The maximum Gasteiger partial charge on any atom is 0.339 e. The van der Waals surface area contributed by atoms with E-state index in [4.69, 9.17) is 5.11 Å². The van der Waals surface area contributed by atoms with Gasteiger partial charge in [-0.05, 0) is 60.2 Å². The van der Waals surface area contributed by atoms with E-state index in [0.29, 0.717) is 5.56 Å². The van der Waals surface area contributed by atoms with E-state index < -0.39 is 55.9 Å². The van der Waals surface area contributed by atoms with Crippen LogP contribution in [0.4, 0.5) is 21.5 Å². The number of hydrogen-bond donors (Lipinski definition) is 6. The first-order chi connectivity index (χ1) is 19.5. The van der Waals surface area contributed by atoms with Crippen molar-refractivity contribution in [3.63, 3.8) is 0 Å². The van der Waals surface area contributed by atoms with E-state index in [2.05, 4.69) is 15.4 Å². The SMILES string of the molecule is O=C(O)c1ccc(NS(=O)(=O)c2cccc(NC(C(=O)Nc3ccc(F)cc3)c3ccccc3)c2C(=O)O)c(O)c1. The van der Waals surface area contributed by atoms with Crippen LogP contribution in [0.1, 0.15) is 32.3 Å². The van der Waals surface area contributed by atoms with E-state index in [-0.39, 0.29) is 22.6 Å². The highest BCUT2D eigenvalue weighted by atomic mass is 32.2. The number of carboxylic acid groups (broad SMARTS) is 2. The van der Waals surface area contributed by atoms with Crippen molar-refractivity contribution in [3.05, 3.63) is 114 Å². The minimum Gasteiger partial charge on any atom is -0.506 e. The Morgan fingerprint density at radius 1 is 0.780 bits per heavy atom. The average Bonchev–Trinajstić information content (AvgIpc) is 2.94. The van der Waals surface area contributed by atoms with Crippen LogP contribution in [0.15, 0.2) is 95.9 Å². The Bertz CT molecular complexity index is 1730. The highest BCUT2D eigenvalue weighted by Crippen LogP contribution is 2.32. The van der Waals surface area contributed by atoms with Gasteiger partial charge >= 0.3 is 11.9 Å². The van der Waals surface area contributed by atoms with Crippen molar-refractivity contribution in [1.82, 2.24) is 0 Å². The van der Waals surface area contributed by atoms with Crippen molar-refractivity contribution in [2.45, 2.75) is 10.9 Å². The Morgan fingerprint density at radius 2 is 1.46 bits per heavy atom. The van der Waals surface area contributed by atoms with E-state index in [1.54, 1.807) is 30.3 Å². The van der Waals surface area contributed by atoms with Crippen molar-refractivity contribution < 1.29 is 42.5 Å². The molecule has 0 spiro atoms. The van der Waals surface area contributed by atoms with Crippen LogP contribution in [-0.4, -0.2) is 41.6 Å². The first-order valence-corrected chi connectivity index (χ1v) is 13.3. The van der Waals surface area contributed by atoms with E-state index in [0.717, 1.165) is 36.4 Å². The first-order valence-electron chi connectivity index (χ1n) is 11.8. The Hall–Kier alpha value is -5.43. The van der Waals surface area contributed by atoms with Gasteiger partial charge in [-0.1, -0.05) is 36.4 Å². The maximum absolute atomic E-state index is 13.3. The van der Waals surface area contributed by atoms with Gasteiger partial charge in [-0.25, -0.2) is 22.4 Å². The number of phenolic OH excluding ortho intramolecular Hbond substituents is 1. The Balaban J connectivity index is 1.72. The average molecular weight is 580 g/mol. The number of phenols is 1. The summed E-state index contributed by atoms with van der Waals surface area (Å²) in [5, 5.41) is 34.7. The molecule has 0 fully saturated rings. The number of rotatable bonds is 10. The number of sulfonamides is 1. The second-order valence-corrected chi connectivity index (χ2v) is 10.3. The molecule has 0 aliphatic rings. The van der Waals surface area contributed by atoms with Crippen molar-refractivity contribution in [2.75, 3.05) is 15.4 Å². The number of carbonyl (C=O) groups excluding carboxylic acids is 1. The van der Waals surface area contributed by atoms with Crippen molar-refractivity contribution >= 4 is 44.9 Å². The number of carbonyl (C=O) groups is 3. The lowest BCUT2D eigenvalue weighted by Crippen LogP contribution is -2.28. The number of hydrogen-bond acceptors (Lipinski definition) is 7. The molecule has 0 radical (unpaired) electrons. The lowest BCUT2D eigenvalue weighted by atomic mass is 10.0. The number of anilines is 3. The summed E-state index contributed by atoms with van der Waals surface area (Å²) in [7, 11) is -4.65. The smallest absolute Gasteiger partial charge is 0.339 e. The molecule has 13 heteroatoms. The van der Waals surface area contributed by atoms with Gasteiger partial charge in [0.1, 0.15) is 28.1 Å². The topological polar surface area (TPSA) is 182 Å². The van der Waals surface area contributed by atoms with E-state index in [9.17, 15) is 37.4 Å². The van der Waals surface area contributed by atoms with Gasteiger partial charge in [0.05, 0.1) is 16.9 Å². The molecule has 210 valence electrons. The molecule has 0 saturated heterocycles. The highest BCUT2D eigenvalue weighted by molar-refractivity contribution is 7.92. The zero-order valence-electron chi connectivity index (χ0n) is 20.9. The third-order valence-corrected chi connectivity index (χ3v) is 7.23. The van der Waals surface area contributed by atoms with Crippen molar-refractivity contribution in [1.29, 1.82) is 0 Å². The van der Waals surface area contributed by atoms with Crippen LogP contribution in [0.3, 0.4) is 0 Å². The molecule has 4 rings (SSSR count). The quantitative estimate of drug-likeness (QED) is 0.147. The molecule has 0 aliphatic carbocycles. The van der Waals surface area contributed by atoms with Gasteiger partial charge in [0, 0.05) is 5.69 Å². The molecule has 4 aromatic rings. The Labute approximate surface area is 233 Å². The largest absolute Gasteiger partial charge is 0.506 e. The second-order valence-electron chi connectivity index (χ2n) is 8.61. The monoisotopic (exact) mass is 579 g/mol. The molecule has 0 aliphatic heterocycles. The zero-order chi connectivity index (χ0) is 29.7. The summed E-state index contributed by atoms with van der Waals surface area (Å²) in [5.74, 6) is -4.83. The summed E-state index contributed by atoms with van der Waals surface area (Å²) in [6.45, 7) is 0. The van der Waals surface area contributed by atoms with Gasteiger partial charge in [-0.2, -0.15) is 0 Å². The summed E-state index contributed by atoms with van der Waals surface area (Å²) in [5.41, 5.74) is -0.907. The molecular weight excluding hydrogens is 557 g/mol. The fourth-order valence-electron chi connectivity index (χ4n) is 3.90. The van der Waals surface area contributed by atoms with Crippen molar-refractivity contribution in [2.24, 2.45) is 0 Å². The highest BCUT2D eigenvalue weighted by Gasteiger charge is 2.29. The fraction of sp³-hybridized carbons (Fsp3) is 0.0357. The Morgan fingerprint density at radius 3 is 2.07 bits per heavy atom. The van der Waals surface area contributed by atoms with Gasteiger partial charge in [-0.15, -0.1) is 0 Å². The van der Waals surface area contributed by atoms with Gasteiger partial charge in [0.2, 0.25) is 0 Å².